The van der Waals surface area contributed by atoms with Crippen molar-refractivity contribution in [1.82, 2.24) is 29.7 Å². The number of hydrogen-bond acceptors (Lipinski definition) is 6. The summed E-state index contributed by atoms with van der Waals surface area (Å²) in [5.41, 5.74) is 2.25. The van der Waals surface area contributed by atoms with Crippen LogP contribution < -0.4 is 0 Å². The summed E-state index contributed by atoms with van der Waals surface area (Å²) in [5, 5.41) is 0. The van der Waals surface area contributed by atoms with Crippen LogP contribution in [0.4, 0.5) is 0 Å². The van der Waals surface area contributed by atoms with E-state index in [2.05, 4.69) is 29.7 Å². The van der Waals surface area contributed by atoms with Gasteiger partial charge in [0, 0.05) is 51.7 Å². The number of nitrogens with zero attached hydrogens (tertiary/aromatic N) is 6. The number of fused-ring (bicyclic) bond motifs is 2. The maximum atomic E-state index is 4.36. The lowest BCUT2D eigenvalue weighted by molar-refractivity contribution is 0.0231. The van der Waals surface area contributed by atoms with E-state index in [4.69, 9.17) is 0 Å². The molecule has 0 radical (unpaired) electrons. The molecule has 2 fully saturated rings. The molecule has 0 aromatic carbocycles. The fourth-order valence-electron chi connectivity index (χ4n) is 4.03. The maximum absolute atomic E-state index is 4.36. The molecule has 4 rings (SSSR count). The fraction of sp³-hybridized carbons (Fsp3) is 0.529. The van der Waals surface area contributed by atoms with E-state index in [-0.39, 0.29) is 0 Å². The monoisotopic (exact) mass is 310 g/mol. The van der Waals surface area contributed by atoms with Crippen LogP contribution in [0.1, 0.15) is 17.8 Å². The molecule has 6 heteroatoms. The van der Waals surface area contributed by atoms with E-state index < -0.39 is 0 Å². The van der Waals surface area contributed by atoms with Gasteiger partial charge in [0.1, 0.15) is 12.7 Å². The molecule has 6 nitrogen and oxygen atoms in total. The van der Waals surface area contributed by atoms with E-state index in [9.17, 15) is 0 Å². The molecule has 0 atom stereocenters. The van der Waals surface area contributed by atoms with Crippen molar-refractivity contribution >= 4 is 0 Å². The second-order valence-electron chi connectivity index (χ2n) is 6.76. The molecule has 0 N–H and O–H groups in total. The standard InChI is InChI=1S/C17H22N6/c1-3-18-12-20-16(1)10-22-6-14-5-15(7-22)9-23(8-14)11-17-2-4-19-13-21-17/h1-4,12-15H,5-11H2. The minimum atomic E-state index is 0.756. The van der Waals surface area contributed by atoms with Crippen LogP contribution in [0.5, 0.6) is 0 Å². The van der Waals surface area contributed by atoms with Crippen molar-refractivity contribution in [1.29, 1.82) is 0 Å². The highest BCUT2D eigenvalue weighted by atomic mass is 15.2. The molecule has 0 amide bonds. The lowest BCUT2D eigenvalue weighted by Crippen LogP contribution is -2.52. The predicted molar refractivity (Wildman–Crippen MR) is 86.2 cm³/mol. The molecule has 2 bridgehead atoms. The molecule has 0 saturated carbocycles. The molecular weight excluding hydrogens is 288 g/mol. The van der Waals surface area contributed by atoms with Crippen LogP contribution in [0.2, 0.25) is 0 Å². The fourth-order valence-corrected chi connectivity index (χ4v) is 4.03. The van der Waals surface area contributed by atoms with Gasteiger partial charge in [-0.3, -0.25) is 9.80 Å². The van der Waals surface area contributed by atoms with Gasteiger partial charge in [0.2, 0.25) is 0 Å². The summed E-state index contributed by atoms with van der Waals surface area (Å²) in [6.45, 7) is 6.56. The highest BCUT2D eigenvalue weighted by Crippen LogP contribution is 2.29. The third-order valence-corrected chi connectivity index (χ3v) is 4.79. The van der Waals surface area contributed by atoms with Crippen molar-refractivity contribution in [3.63, 3.8) is 0 Å². The van der Waals surface area contributed by atoms with Crippen LogP contribution in [-0.2, 0) is 13.1 Å². The van der Waals surface area contributed by atoms with Crippen LogP contribution in [0.15, 0.2) is 37.2 Å². The Hall–Kier alpha value is -1.92. The third kappa shape index (κ3) is 3.71. The molecule has 0 aliphatic carbocycles. The van der Waals surface area contributed by atoms with Crippen LogP contribution >= 0.6 is 0 Å². The zero-order valence-corrected chi connectivity index (χ0v) is 13.3. The smallest absolute Gasteiger partial charge is 0.115 e. The van der Waals surface area contributed by atoms with E-state index >= 15 is 0 Å². The molecule has 23 heavy (non-hydrogen) atoms. The quantitative estimate of drug-likeness (QED) is 0.846. The molecule has 0 unspecified atom stereocenters. The first-order chi connectivity index (χ1) is 11.3. The Labute approximate surface area is 136 Å². The van der Waals surface area contributed by atoms with Gasteiger partial charge in [0.25, 0.3) is 0 Å². The predicted octanol–water partition coefficient (Wildman–Crippen LogP) is 1.22. The topological polar surface area (TPSA) is 58.0 Å². The van der Waals surface area contributed by atoms with Gasteiger partial charge in [-0.15, -0.1) is 0 Å². The van der Waals surface area contributed by atoms with Crippen LogP contribution in [0, 0.1) is 11.8 Å². The third-order valence-electron chi connectivity index (χ3n) is 4.79. The second kappa shape index (κ2) is 6.68. The summed E-state index contributed by atoms with van der Waals surface area (Å²) in [5.74, 6) is 1.51. The van der Waals surface area contributed by atoms with Crippen molar-refractivity contribution in [3.8, 4) is 0 Å². The number of aromatic nitrogens is 4. The molecule has 0 spiro atoms. The zero-order chi connectivity index (χ0) is 15.5. The van der Waals surface area contributed by atoms with Crippen molar-refractivity contribution < 1.29 is 0 Å². The molecule has 120 valence electrons. The van der Waals surface area contributed by atoms with Crippen molar-refractivity contribution in [2.45, 2.75) is 19.5 Å². The average molecular weight is 310 g/mol. The van der Waals surface area contributed by atoms with Crippen molar-refractivity contribution in [2.24, 2.45) is 11.8 Å². The summed E-state index contributed by atoms with van der Waals surface area (Å²) in [4.78, 5) is 21.8. The number of hydrogen-bond donors (Lipinski definition) is 0. The molecular formula is C17H22N6. The first-order valence-electron chi connectivity index (χ1n) is 8.29. The van der Waals surface area contributed by atoms with Crippen molar-refractivity contribution in [3.05, 3.63) is 48.6 Å². The largest absolute Gasteiger partial charge is 0.297 e. The van der Waals surface area contributed by atoms with E-state index in [0.29, 0.717) is 0 Å². The van der Waals surface area contributed by atoms with Crippen LogP contribution in [0.3, 0.4) is 0 Å². The summed E-state index contributed by atoms with van der Waals surface area (Å²) < 4.78 is 0. The van der Waals surface area contributed by atoms with E-state index in [1.165, 1.54) is 32.6 Å². The van der Waals surface area contributed by atoms with Gasteiger partial charge in [-0.1, -0.05) is 0 Å². The van der Waals surface area contributed by atoms with E-state index in [0.717, 1.165) is 36.3 Å². The zero-order valence-electron chi connectivity index (χ0n) is 13.3. The minimum Gasteiger partial charge on any atom is -0.297 e. The van der Waals surface area contributed by atoms with Gasteiger partial charge in [0.15, 0.2) is 0 Å². The summed E-state index contributed by atoms with van der Waals surface area (Å²) >= 11 is 0. The molecule has 4 heterocycles. The maximum Gasteiger partial charge on any atom is 0.115 e. The Morgan fingerprint density at radius 1 is 0.783 bits per heavy atom. The van der Waals surface area contributed by atoms with Crippen molar-refractivity contribution in [2.75, 3.05) is 26.2 Å². The van der Waals surface area contributed by atoms with E-state index in [1.807, 2.05) is 24.5 Å². The number of likely N-dealkylation sites (tertiary alicyclic amines) is 2. The molecule has 2 aliphatic rings. The Morgan fingerprint density at radius 3 is 1.65 bits per heavy atom. The highest BCUT2D eigenvalue weighted by molar-refractivity contribution is 5.01. The van der Waals surface area contributed by atoms with E-state index in [1.54, 1.807) is 12.7 Å². The first-order valence-corrected chi connectivity index (χ1v) is 8.29. The Balaban J connectivity index is 1.35. The van der Waals surface area contributed by atoms with Gasteiger partial charge in [-0.25, -0.2) is 19.9 Å². The lowest BCUT2D eigenvalue weighted by atomic mass is 9.84. The lowest BCUT2D eigenvalue weighted by Gasteiger charge is -2.45. The van der Waals surface area contributed by atoms with Crippen LogP contribution in [-0.4, -0.2) is 55.9 Å². The van der Waals surface area contributed by atoms with Crippen LogP contribution in [0.25, 0.3) is 0 Å². The average Bonchev–Trinajstić information content (AvgIpc) is 2.56. The minimum absolute atomic E-state index is 0.756. The SMILES string of the molecule is c1cc(CN2CC3CC(C2)CN(Cc2ccncn2)C3)ncn1. The Morgan fingerprint density at radius 2 is 1.26 bits per heavy atom. The molecule has 2 aliphatic heterocycles. The van der Waals surface area contributed by atoms with Gasteiger partial charge in [-0.05, 0) is 30.4 Å². The second-order valence-corrected chi connectivity index (χ2v) is 6.76. The van der Waals surface area contributed by atoms with Gasteiger partial charge < -0.3 is 0 Å². The number of piperidine rings is 2. The normalized spacial score (nSPS) is 25.4. The van der Waals surface area contributed by atoms with Gasteiger partial charge in [-0.2, -0.15) is 0 Å². The Kier molecular flexibility index (Phi) is 4.26. The van der Waals surface area contributed by atoms with Gasteiger partial charge in [0.05, 0.1) is 11.4 Å². The molecule has 2 aromatic heterocycles. The first kappa shape index (κ1) is 14.7. The molecule has 2 aromatic rings. The molecule has 2 saturated heterocycles. The number of rotatable bonds is 4. The summed E-state index contributed by atoms with van der Waals surface area (Å²) in [6.07, 6.45) is 8.31. The van der Waals surface area contributed by atoms with Gasteiger partial charge >= 0.3 is 0 Å². The summed E-state index contributed by atoms with van der Waals surface area (Å²) in [6, 6.07) is 4.04. The summed E-state index contributed by atoms with van der Waals surface area (Å²) in [7, 11) is 0. The highest BCUT2D eigenvalue weighted by Gasteiger charge is 2.34. The Bertz CT molecular complexity index is 552.